The van der Waals surface area contributed by atoms with E-state index >= 15 is 0 Å². The highest BCUT2D eigenvalue weighted by Gasteiger charge is 2.21. The molecule has 1 aliphatic rings. The maximum absolute atomic E-state index is 12.1. The molecular formula is C14H20N2OS. The molecule has 0 bridgehead atoms. The minimum atomic E-state index is 0.0638. The van der Waals surface area contributed by atoms with Crippen LogP contribution in [-0.2, 0) is 6.54 Å². The molecule has 1 fully saturated rings. The van der Waals surface area contributed by atoms with Gasteiger partial charge in [0.25, 0.3) is 0 Å². The highest BCUT2D eigenvalue weighted by molar-refractivity contribution is 7.99. The molecule has 0 aromatic heterocycles. The molecule has 1 aromatic carbocycles. The van der Waals surface area contributed by atoms with Crippen molar-refractivity contribution in [2.45, 2.75) is 25.9 Å². The molecule has 98 valence electrons. The molecule has 1 atom stereocenters. The van der Waals surface area contributed by atoms with E-state index in [9.17, 15) is 4.79 Å². The van der Waals surface area contributed by atoms with E-state index in [0.29, 0.717) is 12.6 Å². The van der Waals surface area contributed by atoms with Crippen LogP contribution in [0.5, 0.6) is 0 Å². The van der Waals surface area contributed by atoms with Crippen molar-refractivity contribution >= 4 is 17.8 Å². The average Bonchev–Trinajstić information content (AvgIpc) is 2.62. The maximum Gasteiger partial charge on any atom is 0.317 e. The molecule has 1 unspecified atom stereocenters. The quantitative estimate of drug-likeness (QED) is 0.891. The fourth-order valence-electron chi connectivity index (χ4n) is 2.07. The second-order valence-corrected chi connectivity index (χ2v) is 5.81. The first-order chi connectivity index (χ1) is 8.77. The summed E-state index contributed by atoms with van der Waals surface area (Å²) in [5.41, 5.74) is 1.14. The molecule has 2 rings (SSSR count). The van der Waals surface area contributed by atoms with E-state index in [-0.39, 0.29) is 6.03 Å². The zero-order chi connectivity index (χ0) is 12.8. The minimum Gasteiger partial charge on any atom is -0.334 e. The Balaban J connectivity index is 1.87. The Kier molecular flexibility index (Phi) is 4.93. The number of carbonyl (C=O) groups is 1. The number of nitrogens with one attached hydrogen (secondary N) is 1. The van der Waals surface area contributed by atoms with Crippen LogP contribution in [0.3, 0.4) is 0 Å². The van der Waals surface area contributed by atoms with Crippen LogP contribution >= 0.6 is 11.8 Å². The molecule has 18 heavy (non-hydrogen) atoms. The highest BCUT2D eigenvalue weighted by Crippen LogP contribution is 2.16. The molecule has 1 N–H and O–H groups in total. The third-order valence-corrected chi connectivity index (χ3v) is 4.23. The summed E-state index contributed by atoms with van der Waals surface area (Å²) in [6, 6.07) is 10.4. The highest BCUT2D eigenvalue weighted by atomic mass is 32.2. The molecule has 1 saturated heterocycles. The van der Waals surface area contributed by atoms with Crippen molar-refractivity contribution in [1.29, 1.82) is 0 Å². The summed E-state index contributed by atoms with van der Waals surface area (Å²) in [4.78, 5) is 14.1. The molecule has 2 amide bonds. The van der Waals surface area contributed by atoms with Crippen molar-refractivity contribution in [2.75, 3.05) is 18.1 Å². The van der Waals surface area contributed by atoms with Gasteiger partial charge in [-0.1, -0.05) is 30.3 Å². The van der Waals surface area contributed by atoms with Gasteiger partial charge in [-0.25, -0.2) is 4.79 Å². The van der Waals surface area contributed by atoms with Crippen molar-refractivity contribution in [3.8, 4) is 0 Å². The van der Waals surface area contributed by atoms with Gasteiger partial charge in [-0.15, -0.1) is 0 Å². The van der Waals surface area contributed by atoms with Crippen molar-refractivity contribution in [3.05, 3.63) is 35.9 Å². The van der Waals surface area contributed by atoms with Crippen LogP contribution in [0.2, 0.25) is 0 Å². The molecule has 1 heterocycles. The lowest BCUT2D eigenvalue weighted by Crippen LogP contribution is -2.45. The van der Waals surface area contributed by atoms with E-state index in [0.717, 1.165) is 30.0 Å². The lowest BCUT2D eigenvalue weighted by atomic mass is 10.2. The van der Waals surface area contributed by atoms with Crippen molar-refractivity contribution in [2.24, 2.45) is 0 Å². The summed E-state index contributed by atoms with van der Waals surface area (Å²) < 4.78 is 0. The lowest BCUT2D eigenvalue weighted by molar-refractivity contribution is 0.182. The van der Waals surface area contributed by atoms with Gasteiger partial charge in [0.15, 0.2) is 0 Å². The summed E-state index contributed by atoms with van der Waals surface area (Å²) >= 11 is 1.93. The van der Waals surface area contributed by atoms with Gasteiger partial charge >= 0.3 is 6.03 Å². The van der Waals surface area contributed by atoms with Gasteiger partial charge in [0, 0.05) is 24.9 Å². The number of benzene rings is 1. The van der Waals surface area contributed by atoms with Crippen LogP contribution in [0.4, 0.5) is 4.79 Å². The number of rotatable bonds is 2. The first-order valence-electron chi connectivity index (χ1n) is 6.43. The predicted molar refractivity (Wildman–Crippen MR) is 76.8 cm³/mol. The number of urea groups is 1. The van der Waals surface area contributed by atoms with Gasteiger partial charge in [-0.05, 0) is 24.7 Å². The number of carbonyl (C=O) groups excluding carboxylic acids is 1. The van der Waals surface area contributed by atoms with Crippen molar-refractivity contribution in [3.63, 3.8) is 0 Å². The Morgan fingerprint density at radius 2 is 2.17 bits per heavy atom. The van der Waals surface area contributed by atoms with Crippen LogP contribution in [0, 0.1) is 0 Å². The molecule has 0 radical (unpaired) electrons. The average molecular weight is 264 g/mol. The Morgan fingerprint density at radius 1 is 1.39 bits per heavy atom. The monoisotopic (exact) mass is 264 g/mol. The van der Waals surface area contributed by atoms with Crippen LogP contribution in [0.1, 0.15) is 18.9 Å². The Hall–Kier alpha value is -1.16. The van der Waals surface area contributed by atoms with E-state index in [4.69, 9.17) is 0 Å². The Morgan fingerprint density at radius 3 is 2.94 bits per heavy atom. The normalized spacial score (nSPS) is 20.3. The zero-order valence-corrected chi connectivity index (χ0v) is 11.6. The van der Waals surface area contributed by atoms with Gasteiger partial charge in [0.05, 0.1) is 0 Å². The molecule has 4 heteroatoms. The van der Waals surface area contributed by atoms with E-state index in [1.54, 1.807) is 0 Å². The largest absolute Gasteiger partial charge is 0.334 e. The van der Waals surface area contributed by atoms with Crippen LogP contribution in [0.25, 0.3) is 0 Å². The third-order valence-electron chi connectivity index (χ3n) is 3.24. The Bertz CT molecular complexity index is 383. The molecule has 3 nitrogen and oxygen atoms in total. The molecule has 0 spiro atoms. The molecule has 0 aliphatic carbocycles. The van der Waals surface area contributed by atoms with E-state index in [2.05, 4.69) is 12.2 Å². The number of nitrogens with zero attached hydrogens (tertiary/aromatic N) is 1. The summed E-state index contributed by atoms with van der Waals surface area (Å²) in [6.07, 6.45) is 1.09. The summed E-state index contributed by atoms with van der Waals surface area (Å²) in [7, 11) is 0. The van der Waals surface area contributed by atoms with Gasteiger partial charge < -0.3 is 10.2 Å². The number of thioether (sulfide) groups is 1. The molecular weight excluding hydrogens is 244 g/mol. The second-order valence-electron chi connectivity index (χ2n) is 4.59. The van der Waals surface area contributed by atoms with Gasteiger partial charge in [0.2, 0.25) is 0 Å². The summed E-state index contributed by atoms with van der Waals surface area (Å²) in [5, 5.41) is 3.00. The first-order valence-corrected chi connectivity index (χ1v) is 7.59. The third kappa shape index (κ3) is 3.67. The molecule has 1 aliphatic heterocycles. The number of hydrogen-bond acceptors (Lipinski definition) is 2. The van der Waals surface area contributed by atoms with Crippen molar-refractivity contribution < 1.29 is 4.79 Å². The number of amides is 2. The van der Waals surface area contributed by atoms with Gasteiger partial charge in [-0.2, -0.15) is 11.8 Å². The van der Waals surface area contributed by atoms with E-state index < -0.39 is 0 Å². The summed E-state index contributed by atoms with van der Waals surface area (Å²) in [6.45, 7) is 3.59. The zero-order valence-electron chi connectivity index (χ0n) is 10.8. The fourth-order valence-corrected chi connectivity index (χ4v) is 3.11. The molecule has 1 aromatic rings. The minimum absolute atomic E-state index is 0.0638. The van der Waals surface area contributed by atoms with Gasteiger partial charge in [0.1, 0.15) is 0 Å². The van der Waals surface area contributed by atoms with Crippen LogP contribution < -0.4 is 5.32 Å². The number of hydrogen-bond donors (Lipinski definition) is 1. The maximum atomic E-state index is 12.1. The Labute approximate surface area is 113 Å². The van der Waals surface area contributed by atoms with Crippen LogP contribution in [0.15, 0.2) is 30.3 Å². The van der Waals surface area contributed by atoms with Crippen LogP contribution in [-0.4, -0.2) is 35.0 Å². The van der Waals surface area contributed by atoms with E-state index in [1.807, 2.05) is 47.0 Å². The van der Waals surface area contributed by atoms with E-state index in [1.165, 1.54) is 0 Å². The fraction of sp³-hybridized carbons (Fsp3) is 0.500. The summed E-state index contributed by atoms with van der Waals surface area (Å²) in [5.74, 6) is 2.20. The smallest absolute Gasteiger partial charge is 0.317 e. The SMILES string of the molecule is CC1CCSCCN1C(=O)NCc1ccccc1. The molecule has 0 saturated carbocycles. The first kappa shape index (κ1) is 13.3. The lowest BCUT2D eigenvalue weighted by Gasteiger charge is -2.27. The topological polar surface area (TPSA) is 32.3 Å². The second kappa shape index (κ2) is 6.69. The standard InChI is InChI=1S/C14H20N2OS/c1-12-7-9-18-10-8-16(12)14(17)15-11-13-5-3-2-4-6-13/h2-6,12H,7-11H2,1H3,(H,15,17). The van der Waals surface area contributed by atoms with Gasteiger partial charge in [-0.3, -0.25) is 0 Å². The predicted octanol–water partition coefficient (Wildman–Crippen LogP) is 2.72. The van der Waals surface area contributed by atoms with Crippen molar-refractivity contribution in [1.82, 2.24) is 10.2 Å².